The van der Waals surface area contributed by atoms with E-state index in [2.05, 4.69) is 9.27 Å². The van der Waals surface area contributed by atoms with Crippen molar-refractivity contribution in [2.75, 3.05) is 12.1 Å². The predicted octanol–water partition coefficient (Wildman–Crippen LogP) is 1.18. The molecule has 0 saturated heterocycles. The summed E-state index contributed by atoms with van der Waals surface area (Å²) in [5.41, 5.74) is 1.14. The fourth-order valence-electron chi connectivity index (χ4n) is 1.57. The van der Waals surface area contributed by atoms with Crippen molar-refractivity contribution in [2.24, 2.45) is 0 Å². The molecule has 0 aliphatic heterocycles. The number of fused-ring (bicyclic) bond motifs is 1. The Kier molecular flexibility index (Phi) is 4.76. The minimum Gasteiger partial charge on any atom is -0.477 e. The Balaban J connectivity index is 0.00000180. The largest absolute Gasteiger partial charge is 0.477 e. The zero-order chi connectivity index (χ0) is 13.3. The van der Waals surface area contributed by atoms with Crippen LogP contribution in [0.2, 0.25) is 0 Å². The van der Waals surface area contributed by atoms with E-state index in [1.807, 2.05) is 0 Å². The highest BCUT2D eigenvalue weighted by Gasteiger charge is 2.09. The normalized spacial score (nSPS) is 10.4. The van der Waals surface area contributed by atoms with Crippen LogP contribution in [-0.2, 0) is 15.3 Å². The molecule has 0 saturated carbocycles. The Morgan fingerprint density at radius 1 is 1.37 bits per heavy atom. The quantitative estimate of drug-likeness (QED) is 0.579. The van der Waals surface area contributed by atoms with Crippen LogP contribution in [0.5, 0.6) is 0 Å². The van der Waals surface area contributed by atoms with Gasteiger partial charge in [0.25, 0.3) is 11.0 Å². The van der Waals surface area contributed by atoms with E-state index in [-0.39, 0.29) is 18.1 Å². The number of thiol groups is 1. The van der Waals surface area contributed by atoms with Crippen molar-refractivity contribution in [3.8, 4) is 0 Å². The summed E-state index contributed by atoms with van der Waals surface area (Å²) in [6, 6.07) is 6.39. The lowest BCUT2D eigenvalue weighted by Gasteiger charge is -2.13. The average molecular weight is 307 g/mol. The zero-order valence-electron chi connectivity index (χ0n) is 9.69. The highest BCUT2D eigenvalue weighted by Crippen LogP contribution is 2.22. The van der Waals surface area contributed by atoms with E-state index >= 15 is 0 Å². The van der Waals surface area contributed by atoms with E-state index in [0.29, 0.717) is 11.2 Å². The summed E-state index contributed by atoms with van der Waals surface area (Å²) in [6.07, 6.45) is 0. The number of carbonyl (C=O) groups is 1. The van der Waals surface area contributed by atoms with Crippen LogP contribution in [0.1, 0.15) is 10.5 Å². The van der Waals surface area contributed by atoms with Crippen molar-refractivity contribution in [2.45, 2.75) is 0 Å². The molecule has 0 aliphatic rings. The molecular formula is C10H11ClN2O5S. The van der Waals surface area contributed by atoms with Gasteiger partial charge in [0.15, 0.2) is 0 Å². The van der Waals surface area contributed by atoms with Gasteiger partial charge < -0.3 is 10.1 Å². The second-order valence-electron chi connectivity index (χ2n) is 3.56. The van der Waals surface area contributed by atoms with Gasteiger partial charge in [0.1, 0.15) is 5.69 Å². The van der Waals surface area contributed by atoms with Crippen LogP contribution in [0.25, 0.3) is 10.9 Å². The third-order valence-corrected chi connectivity index (χ3v) is 2.77. The maximum atomic E-state index is 10.8. The molecule has 0 unspecified atom stereocenters. The maximum absolute atomic E-state index is 10.8. The minimum atomic E-state index is -2.99. The van der Waals surface area contributed by atoms with Crippen molar-refractivity contribution in [3.05, 3.63) is 30.0 Å². The van der Waals surface area contributed by atoms with Crippen LogP contribution < -0.4 is 5.06 Å². The second-order valence-corrected chi connectivity index (χ2v) is 4.17. The number of aromatic nitrogens is 1. The number of nitrogens with zero attached hydrogens (tertiary/aromatic N) is 1. The van der Waals surface area contributed by atoms with Crippen molar-refractivity contribution < 1.29 is 22.6 Å². The van der Waals surface area contributed by atoms with Gasteiger partial charge in [-0.2, -0.15) is 4.28 Å². The number of aromatic amines is 1. The average Bonchev–Trinajstić information content (AvgIpc) is 2.70. The Morgan fingerprint density at radius 2 is 2.05 bits per heavy atom. The number of anilines is 1. The number of carboxylic acids is 1. The van der Waals surface area contributed by atoms with Gasteiger partial charge in [-0.3, -0.25) is 0 Å². The van der Waals surface area contributed by atoms with Gasteiger partial charge in [-0.1, -0.05) is 6.07 Å². The van der Waals surface area contributed by atoms with Crippen molar-refractivity contribution in [3.63, 3.8) is 0 Å². The second kappa shape index (κ2) is 5.91. The molecule has 7 nitrogen and oxygen atoms in total. The monoisotopic (exact) mass is 306 g/mol. The minimum absolute atomic E-state index is 0. The van der Waals surface area contributed by atoms with Gasteiger partial charge in [0.05, 0.1) is 5.69 Å². The highest BCUT2D eigenvalue weighted by atomic mass is 35.5. The number of halogens is 1. The maximum Gasteiger partial charge on any atom is 0.352 e. The molecule has 0 atom stereocenters. The zero-order valence-corrected chi connectivity index (χ0v) is 11.4. The third-order valence-electron chi connectivity index (χ3n) is 2.39. The summed E-state index contributed by atoms with van der Waals surface area (Å²) in [7, 11) is -1.55. The summed E-state index contributed by atoms with van der Waals surface area (Å²) in [6.45, 7) is 0. The summed E-state index contributed by atoms with van der Waals surface area (Å²) in [4.78, 5) is 13.5. The Hall–Kier alpha value is -1.77. The standard InChI is InChI=1S/C10H10N2O5S.ClH/c1-12(17-18(15)16)7-3-2-6-4-9(10(13)14)11-8(6)5-7;/h2-5,11,18H,1H3,(H,13,14);1H. The van der Waals surface area contributed by atoms with Crippen LogP contribution in [-0.4, -0.2) is 31.5 Å². The number of rotatable bonds is 4. The van der Waals surface area contributed by atoms with Gasteiger partial charge in [-0.05, 0) is 18.2 Å². The summed E-state index contributed by atoms with van der Waals surface area (Å²) in [5, 5.41) is 10.6. The lowest BCUT2D eigenvalue weighted by atomic mass is 10.2. The third kappa shape index (κ3) is 3.37. The Morgan fingerprint density at radius 3 is 2.63 bits per heavy atom. The molecule has 2 rings (SSSR count). The molecule has 0 amide bonds. The molecule has 1 aromatic carbocycles. The molecule has 1 aromatic heterocycles. The Labute approximate surface area is 116 Å². The van der Waals surface area contributed by atoms with E-state index < -0.39 is 17.0 Å². The first kappa shape index (κ1) is 15.3. The smallest absolute Gasteiger partial charge is 0.352 e. The molecule has 0 fully saturated rings. The van der Waals surface area contributed by atoms with E-state index in [9.17, 15) is 13.2 Å². The molecule has 2 N–H and O–H groups in total. The van der Waals surface area contributed by atoms with Crippen LogP contribution in [0, 0.1) is 0 Å². The number of carboxylic acid groups (broad SMARTS) is 1. The van der Waals surface area contributed by atoms with Gasteiger partial charge >= 0.3 is 5.97 Å². The number of hydrogen-bond acceptors (Lipinski definition) is 5. The number of hydroxylamine groups is 1. The summed E-state index contributed by atoms with van der Waals surface area (Å²) < 4.78 is 25.4. The van der Waals surface area contributed by atoms with Gasteiger partial charge in [0.2, 0.25) is 0 Å². The number of hydrogen-bond donors (Lipinski definition) is 3. The summed E-state index contributed by atoms with van der Waals surface area (Å²) >= 11 is 0. The van der Waals surface area contributed by atoms with Gasteiger partial charge in [-0.25, -0.2) is 18.3 Å². The number of nitrogens with one attached hydrogen (secondary N) is 1. The van der Waals surface area contributed by atoms with E-state index in [4.69, 9.17) is 5.11 Å². The lowest BCUT2D eigenvalue weighted by molar-refractivity contribution is 0.0691. The van der Waals surface area contributed by atoms with Crippen LogP contribution >= 0.6 is 12.4 Å². The molecule has 1 heterocycles. The van der Waals surface area contributed by atoms with Gasteiger partial charge in [-0.15, -0.1) is 12.4 Å². The van der Waals surface area contributed by atoms with Crippen molar-refractivity contribution in [1.29, 1.82) is 0 Å². The molecule has 104 valence electrons. The van der Waals surface area contributed by atoms with Crippen LogP contribution in [0.15, 0.2) is 24.3 Å². The molecule has 9 heteroatoms. The topological polar surface area (TPSA) is 99.7 Å². The molecule has 0 radical (unpaired) electrons. The molecular weight excluding hydrogens is 296 g/mol. The van der Waals surface area contributed by atoms with E-state index in [1.54, 1.807) is 18.2 Å². The summed E-state index contributed by atoms with van der Waals surface area (Å²) in [5.74, 6) is -1.06. The fraction of sp³-hybridized carbons (Fsp3) is 0.100. The van der Waals surface area contributed by atoms with E-state index in [1.165, 1.54) is 13.1 Å². The van der Waals surface area contributed by atoms with Crippen LogP contribution in [0.4, 0.5) is 5.69 Å². The first-order valence-corrected chi connectivity index (χ1v) is 5.99. The van der Waals surface area contributed by atoms with Crippen LogP contribution in [0.3, 0.4) is 0 Å². The molecule has 0 aliphatic carbocycles. The highest BCUT2D eigenvalue weighted by molar-refractivity contribution is 7.67. The molecule has 19 heavy (non-hydrogen) atoms. The van der Waals surface area contributed by atoms with Crippen molar-refractivity contribution >= 4 is 46.0 Å². The van der Waals surface area contributed by atoms with Gasteiger partial charge in [0, 0.05) is 18.0 Å². The fourth-order valence-corrected chi connectivity index (χ4v) is 1.87. The van der Waals surface area contributed by atoms with Crippen molar-refractivity contribution in [1.82, 2.24) is 4.98 Å². The number of benzene rings is 1. The molecule has 2 aromatic rings. The predicted molar refractivity (Wildman–Crippen MR) is 72.3 cm³/mol. The Bertz CT molecular complexity index is 674. The number of H-pyrrole nitrogens is 1. The number of aromatic carboxylic acids is 1. The first-order valence-electron chi connectivity index (χ1n) is 4.89. The first-order chi connectivity index (χ1) is 8.47. The molecule has 0 bridgehead atoms. The van der Waals surface area contributed by atoms with E-state index in [0.717, 1.165) is 10.4 Å². The lowest BCUT2D eigenvalue weighted by Crippen LogP contribution is -2.16. The SMILES string of the molecule is CN(O[SH](=O)=O)c1ccc2cc(C(=O)O)[nH]c2c1.Cl. The molecule has 0 spiro atoms.